The van der Waals surface area contributed by atoms with Crippen LogP contribution in [0.1, 0.15) is 50.7 Å². The van der Waals surface area contributed by atoms with E-state index in [2.05, 4.69) is 36.2 Å². The summed E-state index contributed by atoms with van der Waals surface area (Å²) in [4.78, 5) is 42.7. The number of nitrogens with zero attached hydrogens (tertiary/aromatic N) is 8. The minimum atomic E-state index is -4.30. The van der Waals surface area contributed by atoms with Gasteiger partial charge in [-0.2, -0.15) is 26.3 Å². The van der Waals surface area contributed by atoms with Crippen molar-refractivity contribution in [2.45, 2.75) is 63.2 Å². The number of aromatic nitrogens is 6. The maximum Gasteiger partial charge on any atom is 0.401 e. The Kier molecular flexibility index (Phi) is 19.4. The van der Waals surface area contributed by atoms with Gasteiger partial charge in [0.1, 0.15) is 40.3 Å². The van der Waals surface area contributed by atoms with E-state index >= 15 is 4.39 Å². The molecule has 440 valence electrons. The first-order chi connectivity index (χ1) is 39.4. The minimum absolute atomic E-state index is 0.00855. The number of aliphatic hydroxyl groups is 1. The highest BCUT2D eigenvalue weighted by atomic mass is 35.5. The monoisotopic (exact) mass is 1190 g/mol. The predicted molar refractivity (Wildman–Crippen MR) is 305 cm³/mol. The number of alkyl halides is 9. The average molecular weight is 1200 g/mol. The van der Waals surface area contributed by atoms with Crippen molar-refractivity contribution in [1.82, 2.24) is 38.9 Å². The summed E-state index contributed by atoms with van der Waals surface area (Å²) >= 11 is 9.53. The van der Waals surface area contributed by atoms with Gasteiger partial charge in [-0.05, 0) is 97.5 Å². The molecule has 5 N–H and O–H groups in total. The van der Waals surface area contributed by atoms with Crippen molar-refractivity contribution in [2.75, 3.05) is 65.9 Å². The quantitative estimate of drug-likeness (QED) is 0.0511. The molecular formula is C57H59Cl2F7N12O5. The molecule has 0 spiro atoms. The molecule has 2 amide bonds. The Hall–Kier alpha value is -7.77. The van der Waals surface area contributed by atoms with Crippen LogP contribution in [0.25, 0.3) is 22.1 Å². The first-order valence-electron chi connectivity index (χ1n) is 26.0. The lowest BCUT2D eigenvalue weighted by Gasteiger charge is -2.38. The number of likely N-dealkylation sites (tertiary alicyclic amines) is 2. The number of anilines is 6. The van der Waals surface area contributed by atoms with Crippen molar-refractivity contribution in [3.63, 3.8) is 0 Å². The van der Waals surface area contributed by atoms with E-state index in [-0.39, 0.29) is 69.0 Å². The van der Waals surface area contributed by atoms with E-state index in [0.717, 1.165) is 11.0 Å². The molecule has 0 saturated carbocycles. The van der Waals surface area contributed by atoms with Crippen LogP contribution in [-0.4, -0.2) is 113 Å². The van der Waals surface area contributed by atoms with Gasteiger partial charge >= 0.3 is 12.4 Å². The van der Waals surface area contributed by atoms with Gasteiger partial charge in [-0.3, -0.25) is 19.4 Å². The molecular weight excluding hydrogens is 1140 g/mol. The molecule has 8 aromatic rings. The van der Waals surface area contributed by atoms with Gasteiger partial charge in [-0.15, -0.1) is 23.2 Å². The van der Waals surface area contributed by atoms with Crippen LogP contribution in [0, 0.1) is 0 Å². The Bertz CT molecular complexity index is 3320. The molecule has 83 heavy (non-hydrogen) atoms. The number of halogens is 9. The van der Waals surface area contributed by atoms with Crippen LogP contribution in [0.3, 0.4) is 0 Å². The number of imidazole rings is 2. The topological polar surface area (TPSA) is 189 Å². The van der Waals surface area contributed by atoms with Gasteiger partial charge in [0.05, 0.1) is 46.1 Å². The fraction of sp³-hybridized carbons (Fsp3) is 0.333. The lowest BCUT2D eigenvalue weighted by molar-refractivity contribution is -0.154. The standard InChI is InChI=1S/C28H28F4N6O2.C28H29F3N6O3.CH2Cl2/c1-18(39)34-25-16-22(8-11-33-25)40-21-6-7-24-23(15-21)36-26(37(24)2)35-20-5-3-4-19(14-20)27(29)9-12-38(13-10-27)17-28(30,31)32;1-18(38)33-25-16-22(8-11-32-25)40-21-6-7-24-23(15-21)35-26(36(24)2)34-20-5-3-4-19(14-20)27(39)9-12-37(13-10-27)17-28(29,30)31;2-1-3/h3-8,11,14-16H,9-10,12-13,17H2,1-2H3,(H,35,36)(H,33,34,39);3-8,11,14-16,39H,9-10,12-13,17H2,1-2H3,(H,34,35)(H,32,33,38);1H2. The second-order valence-electron chi connectivity index (χ2n) is 19.9. The van der Waals surface area contributed by atoms with Gasteiger partial charge in [0.25, 0.3) is 0 Å². The molecule has 26 heteroatoms. The maximum absolute atomic E-state index is 15.8. The molecule has 2 aliphatic heterocycles. The number of hydrogen-bond acceptors (Lipinski definition) is 13. The third-order valence-electron chi connectivity index (χ3n) is 13.7. The number of hydrogen-bond donors (Lipinski definition) is 5. The van der Waals surface area contributed by atoms with Crippen molar-refractivity contribution >= 4 is 92.0 Å². The first-order valence-corrected chi connectivity index (χ1v) is 27.1. The summed E-state index contributed by atoms with van der Waals surface area (Å²) in [7, 11) is 3.71. The Morgan fingerprint density at radius 2 is 0.988 bits per heavy atom. The highest BCUT2D eigenvalue weighted by molar-refractivity contribution is 6.40. The van der Waals surface area contributed by atoms with Crippen molar-refractivity contribution in [2.24, 2.45) is 14.1 Å². The van der Waals surface area contributed by atoms with Gasteiger partial charge in [0.2, 0.25) is 23.7 Å². The molecule has 0 atom stereocenters. The highest BCUT2D eigenvalue weighted by Crippen LogP contribution is 2.40. The summed E-state index contributed by atoms with van der Waals surface area (Å²) < 4.78 is 108. The van der Waals surface area contributed by atoms with Crippen LogP contribution in [0.5, 0.6) is 23.0 Å². The van der Waals surface area contributed by atoms with Gasteiger partial charge in [0, 0.05) is 102 Å². The zero-order chi connectivity index (χ0) is 59.7. The Morgan fingerprint density at radius 1 is 0.590 bits per heavy atom. The van der Waals surface area contributed by atoms with E-state index in [1.807, 2.05) is 53.6 Å². The third kappa shape index (κ3) is 16.7. The minimum Gasteiger partial charge on any atom is -0.457 e. The number of pyridine rings is 2. The Morgan fingerprint density at radius 3 is 1.41 bits per heavy atom. The number of carbonyl (C=O) groups excluding carboxylic acids is 2. The van der Waals surface area contributed by atoms with Gasteiger partial charge < -0.3 is 45.0 Å². The zero-order valence-corrected chi connectivity index (χ0v) is 46.9. The summed E-state index contributed by atoms with van der Waals surface area (Å²) in [5.74, 6) is 3.47. The molecule has 0 aliphatic carbocycles. The lowest BCUT2D eigenvalue weighted by Crippen LogP contribution is -2.45. The molecule has 4 aromatic heterocycles. The number of amides is 2. The SMILES string of the molecule is CC(=O)Nc1cc(Oc2ccc3c(c2)nc(Nc2cccc(C4(F)CCN(CC(F)(F)F)CC4)c2)n3C)ccn1.CC(=O)Nc1cc(Oc2ccc3c(c2)nc(Nc2cccc(C4(O)CCN(CC(F)(F)F)CC4)c2)n3C)ccn1.ClCCl. The van der Waals surface area contributed by atoms with Crippen LogP contribution in [0.15, 0.2) is 122 Å². The summed E-state index contributed by atoms with van der Waals surface area (Å²) in [5.41, 5.74) is 2.51. The fourth-order valence-electron chi connectivity index (χ4n) is 9.68. The second-order valence-corrected chi connectivity index (χ2v) is 20.7. The van der Waals surface area contributed by atoms with E-state index in [9.17, 15) is 41.0 Å². The highest BCUT2D eigenvalue weighted by Gasteiger charge is 2.41. The molecule has 4 aromatic carbocycles. The molecule has 0 radical (unpaired) electrons. The molecule has 6 heterocycles. The molecule has 2 aliphatic rings. The third-order valence-corrected chi connectivity index (χ3v) is 13.7. The summed E-state index contributed by atoms with van der Waals surface area (Å²) in [6.07, 6.45) is -5.07. The van der Waals surface area contributed by atoms with Gasteiger partial charge in [0.15, 0.2) is 0 Å². The van der Waals surface area contributed by atoms with Crippen LogP contribution in [-0.2, 0) is 35.0 Å². The predicted octanol–water partition coefficient (Wildman–Crippen LogP) is 13.0. The van der Waals surface area contributed by atoms with E-state index in [4.69, 9.17) is 37.7 Å². The van der Waals surface area contributed by atoms with Crippen LogP contribution >= 0.6 is 23.2 Å². The van der Waals surface area contributed by atoms with E-state index in [1.165, 1.54) is 29.8 Å². The zero-order valence-electron chi connectivity index (χ0n) is 45.4. The van der Waals surface area contributed by atoms with Gasteiger partial charge in [-0.1, -0.05) is 24.3 Å². The Balaban J connectivity index is 0.000000207. The second kappa shape index (κ2) is 26.2. The number of rotatable bonds is 14. The lowest BCUT2D eigenvalue weighted by atomic mass is 9.84. The molecule has 10 rings (SSSR count). The van der Waals surface area contributed by atoms with Crippen LogP contribution in [0.4, 0.5) is 65.6 Å². The van der Waals surface area contributed by atoms with Gasteiger partial charge in [-0.25, -0.2) is 24.3 Å². The van der Waals surface area contributed by atoms with Crippen LogP contribution < -0.4 is 30.7 Å². The van der Waals surface area contributed by atoms with Crippen molar-refractivity contribution in [3.8, 4) is 23.0 Å². The number of benzene rings is 4. The smallest absolute Gasteiger partial charge is 0.401 e. The van der Waals surface area contributed by atoms with E-state index in [0.29, 0.717) is 80.1 Å². The van der Waals surface area contributed by atoms with Crippen LogP contribution in [0.2, 0.25) is 0 Å². The summed E-state index contributed by atoms with van der Waals surface area (Å²) in [5, 5.41) is 23.2. The molecule has 2 saturated heterocycles. The van der Waals surface area contributed by atoms with E-state index in [1.54, 1.807) is 85.1 Å². The van der Waals surface area contributed by atoms with E-state index < -0.39 is 36.7 Å². The van der Waals surface area contributed by atoms with Crippen molar-refractivity contribution in [3.05, 3.63) is 133 Å². The largest absolute Gasteiger partial charge is 0.457 e. The first kappa shape index (κ1) is 61.3. The molecule has 0 bridgehead atoms. The summed E-state index contributed by atoms with van der Waals surface area (Å²) in [6, 6.07) is 31.6. The summed E-state index contributed by atoms with van der Waals surface area (Å²) in [6.45, 7) is 1.21. The Labute approximate surface area is 482 Å². The fourth-order valence-corrected chi connectivity index (χ4v) is 9.68. The number of fused-ring (bicyclic) bond motifs is 2. The normalized spacial score (nSPS) is 15.3. The number of ether oxygens (including phenoxy) is 2. The molecule has 17 nitrogen and oxygen atoms in total. The number of nitrogens with one attached hydrogen (secondary N) is 4. The van der Waals surface area contributed by atoms with Crippen molar-refractivity contribution < 1.29 is 54.9 Å². The number of piperidine rings is 2. The number of aryl methyl sites for hydroxylation is 2. The molecule has 2 fully saturated rings. The number of carbonyl (C=O) groups is 2. The van der Waals surface area contributed by atoms with Crippen molar-refractivity contribution in [1.29, 1.82) is 0 Å². The molecule has 0 unspecified atom stereocenters. The average Bonchev–Trinajstić information content (AvgIpc) is 3.62. The maximum atomic E-state index is 15.8.